The Bertz CT molecular complexity index is 464. The lowest BCUT2D eigenvalue weighted by molar-refractivity contribution is 0.213. The molecular weight excluding hydrogens is 235 g/mol. The average Bonchev–Trinajstić information content (AvgIpc) is 2.27. The maximum atomic E-state index is 13.3. The lowest BCUT2D eigenvalue weighted by Gasteiger charge is -2.21. The van der Waals surface area contributed by atoms with Crippen LogP contribution < -0.4 is 0 Å². The summed E-state index contributed by atoms with van der Waals surface area (Å²) in [5, 5.41) is 8.24. The average molecular weight is 248 g/mol. The Morgan fingerprint density at radius 3 is 2.75 bits per heavy atom. The molecule has 1 atom stereocenters. The number of sulfonamides is 1. The quantitative estimate of drug-likeness (QED) is 0.827. The Balaban J connectivity index is 3.17. The predicted molar refractivity (Wildman–Crippen MR) is 55.7 cm³/mol. The summed E-state index contributed by atoms with van der Waals surface area (Å²) in [4.78, 5) is 3.50. The van der Waals surface area contributed by atoms with Gasteiger partial charge in [-0.05, 0) is 19.1 Å². The molecule has 0 radical (unpaired) electrons. The van der Waals surface area contributed by atoms with Crippen molar-refractivity contribution in [2.75, 3.05) is 13.7 Å². The van der Waals surface area contributed by atoms with Crippen molar-refractivity contribution in [3.05, 3.63) is 24.1 Å². The lowest BCUT2D eigenvalue weighted by atomic mass is 10.4. The first-order valence-corrected chi connectivity index (χ1v) is 6.04. The van der Waals surface area contributed by atoms with E-state index in [0.717, 1.165) is 10.4 Å². The Labute approximate surface area is 93.6 Å². The molecule has 1 heterocycles. The van der Waals surface area contributed by atoms with Crippen LogP contribution in [0.2, 0.25) is 0 Å². The van der Waals surface area contributed by atoms with Crippen LogP contribution in [0.25, 0.3) is 0 Å². The molecule has 1 N–H and O–H groups in total. The van der Waals surface area contributed by atoms with Crippen molar-refractivity contribution in [2.45, 2.75) is 18.0 Å². The summed E-state index contributed by atoms with van der Waals surface area (Å²) in [6, 6.07) is 1.70. The highest BCUT2D eigenvalue weighted by atomic mass is 32.2. The number of rotatable bonds is 4. The van der Waals surface area contributed by atoms with Gasteiger partial charge in [0.2, 0.25) is 5.03 Å². The van der Waals surface area contributed by atoms with E-state index < -0.39 is 26.9 Å². The Morgan fingerprint density at radius 1 is 1.62 bits per heavy atom. The minimum Gasteiger partial charge on any atom is -0.395 e. The number of hydrogen-bond acceptors (Lipinski definition) is 4. The highest BCUT2D eigenvalue weighted by Gasteiger charge is 2.28. The first-order valence-electron chi connectivity index (χ1n) is 4.60. The molecule has 0 aliphatic heterocycles. The van der Waals surface area contributed by atoms with E-state index in [1.54, 1.807) is 0 Å². The second-order valence-corrected chi connectivity index (χ2v) is 5.26. The standard InChI is InChI=1S/C9H13FN2O3S/c1-7(6-13)12(2)16(14,15)9-8(10)4-3-5-11-9/h3-5,7,13H,6H2,1-2H3. The topological polar surface area (TPSA) is 70.5 Å². The third-order valence-electron chi connectivity index (χ3n) is 2.23. The van der Waals surface area contributed by atoms with Crippen molar-refractivity contribution in [2.24, 2.45) is 0 Å². The summed E-state index contributed by atoms with van der Waals surface area (Å²) < 4.78 is 37.9. The van der Waals surface area contributed by atoms with Crippen LogP contribution in [0.1, 0.15) is 6.92 Å². The molecule has 0 bridgehead atoms. The zero-order chi connectivity index (χ0) is 12.3. The number of hydrogen-bond donors (Lipinski definition) is 1. The van der Waals surface area contributed by atoms with Gasteiger partial charge >= 0.3 is 0 Å². The maximum absolute atomic E-state index is 13.3. The molecule has 1 unspecified atom stereocenters. The number of nitrogens with zero attached hydrogens (tertiary/aromatic N) is 2. The van der Waals surface area contributed by atoms with Crippen LogP contribution in [0, 0.1) is 5.82 Å². The zero-order valence-corrected chi connectivity index (χ0v) is 9.78. The first-order chi connectivity index (χ1) is 7.41. The predicted octanol–water partition coefficient (Wildman–Crippen LogP) is 0.222. The van der Waals surface area contributed by atoms with Gasteiger partial charge in [-0.3, -0.25) is 0 Å². The molecule has 1 aromatic heterocycles. The van der Waals surface area contributed by atoms with Crippen molar-refractivity contribution in [1.29, 1.82) is 0 Å². The molecule has 0 fully saturated rings. The fourth-order valence-electron chi connectivity index (χ4n) is 1.05. The van der Waals surface area contributed by atoms with Gasteiger partial charge in [-0.1, -0.05) is 0 Å². The Morgan fingerprint density at radius 2 is 2.25 bits per heavy atom. The van der Waals surface area contributed by atoms with Gasteiger partial charge in [0.15, 0.2) is 5.82 Å². The second-order valence-electron chi connectivity index (χ2n) is 3.34. The van der Waals surface area contributed by atoms with Crippen LogP contribution in [0.15, 0.2) is 23.4 Å². The Hall–Kier alpha value is -1.05. The SMILES string of the molecule is CC(CO)N(C)S(=O)(=O)c1ncccc1F. The summed E-state index contributed by atoms with van der Waals surface area (Å²) in [6.07, 6.45) is 1.20. The van der Waals surface area contributed by atoms with E-state index in [0.29, 0.717) is 0 Å². The lowest BCUT2D eigenvalue weighted by Crippen LogP contribution is -2.38. The highest BCUT2D eigenvalue weighted by molar-refractivity contribution is 7.89. The third kappa shape index (κ3) is 2.37. The zero-order valence-electron chi connectivity index (χ0n) is 8.96. The van der Waals surface area contributed by atoms with E-state index in [1.165, 1.54) is 26.2 Å². The number of aromatic nitrogens is 1. The second kappa shape index (κ2) is 4.86. The number of aliphatic hydroxyl groups excluding tert-OH is 1. The van der Waals surface area contributed by atoms with Crippen molar-refractivity contribution in [3.63, 3.8) is 0 Å². The molecular formula is C9H13FN2O3S. The minimum atomic E-state index is -3.99. The van der Waals surface area contributed by atoms with Crippen LogP contribution in [0.4, 0.5) is 4.39 Å². The maximum Gasteiger partial charge on any atom is 0.263 e. The van der Waals surface area contributed by atoms with Crippen LogP contribution in [0.3, 0.4) is 0 Å². The van der Waals surface area contributed by atoms with E-state index >= 15 is 0 Å². The van der Waals surface area contributed by atoms with E-state index in [-0.39, 0.29) is 6.61 Å². The van der Waals surface area contributed by atoms with Crippen LogP contribution >= 0.6 is 0 Å². The highest BCUT2D eigenvalue weighted by Crippen LogP contribution is 2.16. The molecule has 0 amide bonds. The van der Waals surface area contributed by atoms with E-state index in [2.05, 4.69) is 4.98 Å². The van der Waals surface area contributed by atoms with Gasteiger partial charge in [0.05, 0.1) is 6.61 Å². The van der Waals surface area contributed by atoms with Crippen LogP contribution in [-0.2, 0) is 10.0 Å². The number of aliphatic hydroxyl groups is 1. The summed E-state index contributed by atoms with van der Waals surface area (Å²) >= 11 is 0. The molecule has 0 aliphatic carbocycles. The van der Waals surface area contributed by atoms with E-state index in [9.17, 15) is 12.8 Å². The summed E-state index contributed by atoms with van der Waals surface area (Å²) in [7, 11) is -2.73. The van der Waals surface area contributed by atoms with Crippen molar-refractivity contribution in [1.82, 2.24) is 9.29 Å². The smallest absolute Gasteiger partial charge is 0.263 e. The summed E-state index contributed by atoms with van der Waals surface area (Å²) in [5.74, 6) is -0.903. The number of pyridine rings is 1. The summed E-state index contributed by atoms with van der Waals surface area (Å²) in [5.41, 5.74) is 0. The number of likely N-dealkylation sites (N-methyl/N-ethyl adjacent to an activating group) is 1. The molecule has 0 aromatic carbocycles. The molecule has 1 aromatic rings. The molecule has 0 spiro atoms. The molecule has 1 rings (SSSR count). The summed E-state index contributed by atoms with van der Waals surface area (Å²) in [6.45, 7) is 1.17. The van der Waals surface area contributed by atoms with Crippen molar-refractivity contribution in [3.8, 4) is 0 Å². The van der Waals surface area contributed by atoms with Crippen molar-refractivity contribution < 1.29 is 17.9 Å². The van der Waals surface area contributed by atoms with Gasteiger partial charge in [0.25, 0.3) is 10.0 Å². The Kier molecular flexibility index (Phi) is 3.95. The largest absolute Gasteiger partial charge is 0.395 e. The fraction of sp³-hybridized carbons (Fsp3) is 0.444. The van der Waals surface area contributed by atoms with Gasteiger partial charge in [0, 0.05) is 19.3 Å². The van der Waals surface area contributed by atoms with Gasteiger partial charge in [0.1, 0.15) is 0 Å². The van der Waals surface area contributed by atoms with E-state index in [4.69, 9.17) is 5.11 Å². The molecule has 0 saturated carbocycles. The van der Waals surface area contributed by atoms with Gasteiger partial charge < -0.3 is 5.11 Å². The minimum absolute atomic E-state index is 0.343. The third-order valence-corrected chi connectivity index (χ3v) is 4.14. The normalized spacial score (nSPS) is 14.1. The fourth-order valence-corrected chi connectivity index (χ4v) is 2.37. The van der Waals surface area contributed by atoms with E-state index in [1.807, 2.05) is 0 Å². The first kappa shape index (κ1) is 13.0. The molecule has 5 nitrogen and oxygen atoms in total. The monoisotopic (exact) mass is 248 g/mol. The van der Waals surface area contributed by atoms with Crippen LogP contribution in [0.5, 0.6) is 0 Å². The molecule has 90 valence electrons. The van der Waals surface area contributed by atoms with Gasteiger partial charge in [-0.15, -0.1) is 0 Å². The van der Waals surface area contributed by atoms with Gasteiger partial charge in [-0.25, -0.2) is 17.8 Å². The molecule has 16 heavy (non-hydrogen) atoms. The molecule has 0 saturated heterocycles. The van der Waals surface area contributed by atoms with Crippen LogP contribution in [-0.4, -0.2) is 42.5 Å². The van der Waals surface area contributed by atoms with Gasteiger partial charge in [-0.2, -0.15) is 4.31 Å². The number of halogens is 1. The van der Waals surface area contributed by atoms with Crippen molar-refractivity contribution >= 4 is 10.0 Å². The molecule has 7 heteroatoms. The molecule has 0 aliphatic rings.